The van der Waals surface area contributed by atoms with Crippen molar-refractivity contribution >= 4 is 11.8 Å². The average molecular weight is 431 g/mol. The summed E-state index contributed by atoms with van der Waals surface area (Å²) in [5.74, 6) is 0.463. The van der Waals surface area contributed by atoms with Crippen LogP contribution in [0.5, 0.6) is 5.75 Å². The zero-order chi connectivity index (χ0) is 22.9. The van der Waals surface area contributed by atoms with Crippen molar-refractivity contribution in [2.45, 2.75) is 39.4 Å². The van der Waals surface area contributed by atoms with E-state index in [1.165, 1.54) is 5.56 Å². The van der Waals surface area contributed by atoms with Gasteiger partial charge < -0.3 is 15.0 Å². The second-order valence-electron chi connectivity index (χ2n) is 7.74. The summed E-state index contributed by atoms with van der Waals surface area (Å²) in [7, 11) is 1.62. The normalized spacial score (nSPS) is 11.5. The lowest BCUT2D eigenvalue weighted by atomic mass is 10.0. The van der Waals surface area contributed by atoms with Crippen molar-refractivity contribution in [3.8, 4) is 5.75 Å². The molecule has 0 fully saturated rings. The van der Waals surface area contributed by atoms with Crippen LogP contribution in [-0.4, -0.2) is 23.8 Å². The Kier molecular flexibility index (Phi) is 8.03. The highest BCUT2D eigenvalue weighted by atomic mass is 16.5. The van der Waals surface area contributed by atoms with Gasteiger partial charge in [-0.05, 0) is 35.7 Å². The zero-order valence-electron chi connectivity index (χ0n) is 18.9. The molecule has 0 heterocycles. The van der Waals surface area contributed by atoms with Gasteiger partial charge in [0, 0.05) is 19.5 Å². The topological polar surface area (TPSA) is 58.6 Å². The monoisotopic (exact) mass is 430 g/mol. The quantitative estimate of drug-likeness (QED) is 0.531. The number of carbonyl (C=O) groups is 2. The Bertz CT molecular complexity index is 1020. The van der Waals surface area contributed by atoms with E-state index in [2.05, 4.69) is 5.32 Å². The lowest BCUT2D eigenvalue weighted by molar-refractivity contribution is -0.141. The van der Waals surface area contributed by atoms with Gasteiger partial charge in [0.1, 0.15) is 11.8 Å². The van der Waals surface area contributed by atoms with E-state index >= 15 is 0 Å². The molecule has 0 saturated carbocycles. The second kappa shape index (κ2) is 11.1. The third-order valence-corrected chi connectivity index (χ3v) is 5.40. The molecule has 1 N–H and O–H groups in total. The molecule has 2 amide bonds. The number of carbonyl (C=O) groups excluding carboxylic acids is 2. The number of amides is 2. The van der Waals surface area contributed by atoms with E-state index in [4.69, 9.17) is 4.74 Å². The number of hydrogen-bond donors (Lipinski definition) is 1. The first-order valence-electron chi connectivity index (χ1n) is 10.8. The van der Waals surface area contributed by atoms with Gasteiger partial charge in [-0.15, -0.1) is 0 Å². The van der Waals surface area contributed by atoms with E-state index in [0.29, 0.717) is 19.5 Å². The summed E-state index contributed by atoms with van der Waals surface area (Å²) in [6.45, 7) is 4.57. The third kappa shape index (κ3) is 5.97. The molecular weight excluding hydrogens is 400 g/mol. The largest absolute Gasteiger partial charge is 0.497 e. The van der Waals surface area contributed by atoms with Gasteiger partial charge in [0.15, 0.2) is 0 Å². The van der Waals surface area contributed by atoms with E-state index in [1.54, 1.807) is 12.0 Å². The van der Waals surface area contributed by atoms with Gasteiger partial charge in [-0.3, -0.25) is 9.59 Å². The molecule has 0 saturated heterocycles. The van der Waals surface area contributed by atoms with Gasteiger partial charge in [0.05, 0.1) is 7.11 Å². The Morgan fingerprint density at radius 2 is 1.53 bits per heavy atom. The van der Waals surface area contributed by atoms with E-state index in [0.717, 1.165) is 22.4 Å². The lowest BCUT2D eigenvalue weighted by Crippen LogP contribution is -2.43. The summed E-state index contributed by atoms with van der Waals surface area (Å²) in [4.78, 5) is 28.1. The van der Waals surface area contributed by atoms with Crippen LogP contribution < -0.4 is 10.1 Å². The van der Waals surface area contributed by atoms with Crippen molar-refractivity contribution in [3.05, 3.63) is 101 Å². The predicted molar refractivity (Wildman–Crippen MR) is 126 cm³/mol. The minimum Gasteiger partial charge on any atom is -0.497 e. The van der Waals surface area contributed by atoms with Gasteiger partial charge in [-0.2, -0.15) is 0 Å². The van der Waals surface area contributed by atoms with Crippen molar-refractivity contribution in [2.75, 3.05) is 7.11 Å². The number of ether oxygens (including phenoxy) is 1. The van der Waals surface area contributed by atoms with Crippen molar-refractivity contribution in [2.24, 2.45) is 0 Å². The average Bonchev–Trinajstić information content (AvgIpc) is 2.84. The number of aryl methyl sites for hydroxylation is 1. The van der Waals surface area contributed by atoms with E-state index in [1.807, 2.05) is 92.7 Å². The maximum absolute atomic E-state index is 13.4. The van der Waals surface area contributed by atoms with Crippen LogP contribution in [0.2, 0.25) is 0 Å². The number of methoxy groups -OCH3 is 1. The number of nitrogens with one attached hydrogen (secondary N) is 1. The van der Waals surface area contributed by atoms with Crippen molar-refractivity contribution in [3.63, 3.8) is 0 Å². The summed E-state index contributed by atoms with van der Waals surface area (Å²) in [6, 6.07) is 24.3. The SMILES string of the molecule is CCC(=O)N(Cc1ccc(OC)cc1)[C@H](C(=O)NCc1ccc(C)cc1)c1ccccc1. The Morgan fingerprint density at radius 1 is 0.906 bits per heavy atom. The molecule has 0 aromatic heterocycles. The highest BCUT2D eigenvalue weighted by Crippen LogP contribution is 2.25. The van der Waals surface area contributed by atoms with Crippen LogP contribution in [-0.2, 0) is 22.7 Å². The maximum Gasteiger partial charge on any atom is 0.247 e. The Morgan fingerprint density at radius 3 is 2.12 bits per heavy atom. The molecule has 1 atom stereocenters. The second-order valence-corrected chi connectivity index (χ2v) is 7.74. The van der Waals surface area contributed by atoms with Gasteiger partial charge in [0.2, 0.25) is 11.8 Å². The highest BCUT2D eigenvalue weighted by molar-refractivity contribution is 5.88. The highest BCUT2D eigenvalue weighted by Gasteiger charge is 2.30. The first-order valence-corrected chi connectivity index (χ1v) is 10.8. The summed E-state index contributed by atoms with van der Waals surface area (Å²) >= 11 is 0. The van der Waals surface area contributed by atoms with Gasteiger partial charge >= 0.3 is 0 Å². The first-order chi connectivity index (χ1) is 15.5. The molecule has 0 unspecified atom stereocenters. The lowest BCUT2D eigenvalue weighted by Gasteiger charge is -2.31. The van der Waals surface area contributed by atoms with Crippen molar-refractivity contribution < 1.29 is 14.3 Å². The molecule has 0 aliphatic rings. The number of nitrogens with zero attached hydrogens (tertiary/aromatic N) is 1. The number of benzene rings is 3. The Hall–Kier alpha value is -3.60. The van der Waals surface area contributed by atoms with Crippen molar-refractivity contribution in [1.29, 1.82) is 0 Å². The molecule has 32 heavy (non-hydrogen) atoms. The van der Waals surface area contributed by atoms with E-state index < -0.39 is 6.04 Å². The summed E-state index contributed by atoms with van der Waals surface area (Å²) in [6.07, 6.45) is 0.310. The minimum absolute atomic E-state index is 0.0832. The Balaban J connectivity index is 1.88. The van der Waals surface area contributed by atoms with Crippen LogP contribution in [0.3, 0.4) is 0 Å². The molecule has 5 heteroatoms. The summed E-state index contributed by atoms with van der Waals surface area (Å²) < 4.78 is 5.23. The van der Waals surface area contributed by atoms with Gasteiger partial charge in [-0.25, -0.2) is 0 Å². The van der Waals surface area contributed by atoms with Crippen LogP contribution in [0.25, 0.3) is 0 Å². The first kappa shape index (κ1) is 23.1. The number of hydrogen-bond acceptors (Lipinski definition) is 3. The molecule has 0 spiro atoms. The van der Waals surface area contributed by atoms with Crippen LogP contribution in [0.4, 0.5) is 0 Å². The summed E-state index contributed by atoms with van der Waals surface area (Å²) in [5.41, 5.74) is 3.89. The van der Waals surface area contributed by atoms with Crippen LogP contribution >= 0.6 is 0 Å². The summed E-state index contributed by atoms with van der Waals surface area (Å²) in [5, 5.41) is 3.03. The smallest absolute Gasteiger partial charge is 0.247 e. The Labute approximate surface area is 190 Å². The molecular formula is C27H30N2O3. The molecule has 3 aromatic carbocycles. The van der Waals surface area contributed by atoms with Gasteiger partial charge in [0.25, 0.3) is 0 Å². The predicted octanol–water partition coefficient (Wildman–Crippen LogP) is 4.80. The zero-order valence-corrected chi connectivity index (χ0v) is 18.9. The molecule has 3 rings (SSSR count). The van der Waals surface area contributed by atoms with Crippen LogP contribution in [0, 0.1) is 6.92 Å². The van der Waals surface area contributed by atoms with Gasteiger partial charge in [-0.1, -0.05) is 79.2 Å². The van der Waals surface area contributed by atoms with Crippen molar-refractivity contribution in [1.82, 2.24) is 10.2 Å². The molecule has 0 aliphatic heterocycles. The molecule has 5 nitrogen and oxygen atoms in total. The van der Waals surface area contributed by atoms with E-state index in [-0.39, 0.29) is 11.8 Å². The standard InChI is InChI=1S/C27H30N2O3/c1-4-25(30)29(19-22-14-16-24(32-3)17-15-22)26(23-8-6-5-7-9-23)27(31)28-18-21-12-10-20(2)11-13-21/h5-17,26H,4,18-19H2,1-3H3,(H,28,31)/t26-/m0/s1. The fourth-order valence-corrected chi connectivity index (χ4v) is 3.55. The maximum atomic E-state index is 13.4. The molecule has 0 bridgehead atoms. The fraction of sp³-hybridized carbons (Fsp3) is 0.259. The fourth-order valence-electron chi connectivity index (χ4n) is 3.55. The molecule has 3 aromatic rings. The third-order valence-electron chi connectivity index (χ3n) is 5.40. The van der Waals surface area contributed by atoms with Crippen LogP contribution in [0.1, 0.15) is 41.6 Å². The number of rotatable bonds is 9. The van der Waals surface area contributed by atoms with Crippen LogP contribution in [0.15, 0.2) is 78.9 Å². The minimum atomic E-state index is -0.726. The molecule has 0 aliphatic carbocycles. The molecule has 166 valence electrons. The van der Waals surface area contributed by atoms with E-state index in [9.17, 15) is 9.59 Å². The molecule has 0 radical (unpaired) electrons.